The number of ether oxygens (including phenoxy) is 1. The Hall–Kier alpha value is -3.93. The van der Waals surface area contributed by atoms with Gasteiger partial charge in [0, 0.05) is 17.7 Å². The van der Waals surface area contributed by atoms with Crippen molar-refractivity contribution in [2.75, 3.05) is 6.61 Å². The maximum Gasteiger partial charge on any atom is 0.257 e. The van der Waals surface area contributed by atoms with E-state index in [9.17, 15) is 9.18 Å². The summed E-state index contributed by atoms with van der Waals surface area (Å²) in [5, 5.41) is 6.94. The second-order valence-corrected chi connectivity index (χ2v) is 6.84. The molecule has 0 unspecified atom stereocenters. The summed E-state index contributed by atoms with van der Waals surface area (Å²) in [5.41, 5.74) is 2.14. The maximum absolute atomic E-state index is 14.5. The Balaban J connectivity index is 1.73. The van der Waals surface area contributed by atoms with Gasteiger partial charge in [-0.15, -0.1) is 0 Å². The number of amides is 1. The molecule has 1 heterocycles. The maximum atomic E-state index is 14.5. The van der Waals surface area contributed by atoms with E-state index in [1.54, 1.807) is 42.5 Å². The van der Waals surface area contributed by atoms with E-state index in [2.05, 4.69) is 10.5 Å². The van der Waals surface area contributed by atoms with E-state index in [0.717, 1.165) is 5.56 Å². The van der Waals surface area contributed by atoms with Crippen LogP contribution in [0.4, 0.5) is 4.39 Å². The second-order valence-electron chi connectivity index (χ2n) is 6.84. The fourth-order valence-electron chi connectivity index (χ4n) is 3.27. The van der Waals surface area contributed by atoms with Gasteiger partial charge in [-0.3, -0.25) is 4.79 Å². The lowest BCUT2D eigenvalue weighted by Crippen LogP contribution is -2.23. The van der Waals surface area contributed by atoms with Gasteiger partial charge in [-0.2, -0.15) is 0 Å². The third kappa shape index (κ3) is 4.48. The third-order valence-corrected chi connectivity index (χ3v) is 4.77. The third-order valence-electron chi connectivity index (χ3n) is 4.77. The first-order valence-electron chi connectivity index (χ1n) is 9.97. The van der Waals surface area contributed by atoms with E-state index in [1.165, 1.54) is 6.07 Å². The summed E-state index contributed by atoms with van der Waals surface area (Å²) in [4.78, 5) is 13.2. The molecule has 0 spiro atoms. The number of hydrogen-bond donors (Lipinski definition) is 1. The fourth-order valence-corrected chi connectivity index (χ4v) is 3.27. The Morgan fingerprint density at radius 3 is 2.42 bits per heavy atom. The van der Waals surface area contributed by atoms with Gasteiger partial charge in [0.25, 0.3) is 5.91 Å². The molecule has 1 N–H and O–H groups in total. The Labute approximate surface area is 179 Å². The van der Waals surface area contributed by atoms with Crippen LogP contribution in [-0.4, -0.2) is 17.7 Å². The molecule has 0 aliphatic heterocycles. The zero-order chi connectivity index (χ0) is 21.6. The van der Waals surface area contributed by atoms with Crippen LogP contribution in [0.1, 0.15) is 22.8 Å². The van der Waals surface area contributed by atoms with E-state index in [0.29, 0.717) is 24.5 Å². The van der Waals surface area contributed by atoms with Gasteiger partial charge in [0.1, 0.15) is 22.8 Å². The molecule has 0 saturated carbocycles. The molecule has 0 radical (unpaired) electrons. The summed E-state index contributed by atoms with van der Waals surface area (Å²) in [5.74, 6) is 0.0976. The molecule has 6 heteroatoms. The van der Waals surface area contributed by atoms with Gasteiger partial charge in [-0.05, 0) is 48.9 Å². The highest BCUT2D eigenvalue weighted by Crippen LogP contribution is 2.34. The lowest BCUT2D eigenvalue weighted by molar-refractivity contribution is 0.0951. The van der Waals surface area contributed by atoms with E-state index < -0.39 is 11.7 Å². The quantitative estimate of drug-likeness (QED) is 0.434. The predicted octanol–water partition coefficient (Wildman–Crippen LogP) is 5.48. The van der Waals surface area contributed by atoms with Gasteiger partial charge in [-0.25, -0.2) is 4.39 Å². The molecule has 31 heavy (non-hydrogen) atoms. The molecule has 0 saturated heterocycles. The summed E-state index contributed by atoms with van der Waals surface area (Å²) in [7, 11) is 0. The van der Waals surface area contributed by atoms with Crippen molar-refractivity contribution in [3.63, 3.8) is 0 Å². The van der Waals surface area contributed by atoms with Crippen LogP contribution in [0, 0.1) is 5.82 Å². The summed E-state index contributed by atoms with van der Waals surface area (Å²) < 4.78 is 25.5. The van der Waals surface area contributed by atoms with Gasteiger partial charge in [0.15, 0.2) is 5.76 Å². The van der Waals surface area contributed by atoms with Crippen LogP contribution in [0.25, 0.3) is 22.6 Å². The molecule has 1 aromatic heterocycles. The van der Waals surface area contributed by atoms with Gasteiger partial charge < -0.3 is 14.6 Å². The van der Waals surface area contributed by atoms with Crippen LogP contribution < -0.4 is 10.1 Å². The first-order chi connectivity index (χ1) is 15.2. The number of nitrogens with zero attached hydrogens (tertiary/aromatic N) is 1. The SMILES string of the molecule is CCOc1ccc(-c2onc(-c3ccccc3F)c2C(=O)NCc2ccccc2)cc1. The first-order valence-corrected chi connectivity index (χ1v) is 9.97. The largest absolute Gasteiger partial charge is 0.494 e. The van der Waals surface area contributed by atoms with E-state index in [-0.39, 0.29) is 22.6 Å². The van der Waals surface area contributed by atoms with Crippen molar-refractivity contribution in [2.24, 2.45) is 0 Å². The van der Waals surface area contributed by atoms with Crippen LogP contribution in [0.15, 0.2) is 83.4 Å². The number of carbonyl (C=O) groups is 1. The van der Waals surface area contributed by atoms with Gasteiger partial charge in [0.05, 0.1) is 6.61 Å². The minimum absolute atomic E-state index is 0.160. The van der Waals surface area contributed by atoms with Gasteiger partial charge in [0.2, 0.25) is 0 Å². The molecule has 4 aromatic rings. The topological polar surface area (TPSA) is 64.4 Å². The Morgan fingerprint density at radius 2 is 1.71 bits per heavy atom. The summed E-state index contributed by atoms with van der Waals surface area (Å²) >= 11 is 0. The zero-order valence-electron chi connectivity index (χ0n) is 17.0. The minimum Gasteiger partial charge on any atom is -0.494 e. The average molecular weight is 416 g/mol. The number of halogens is 1. The fraction of sp³-hybridized carbons (Fsp3) is 0.120. The molecular formula is C25H21FN2O3. The van der Waals surface area contributed by atoms with Crippen molar-refractivity contribution in [1.29, 1.82) is 0 Å². The molecule has 156 valence electrons. The Bertz CT molecular complexity index is 1170. The van der Waals surface area contributed by atoms with E-state index >= 15 is 0 Å². The molecule has 0 bridgehead atoms. The number of nitrogens with one attached hydrogen (secondary N) is 1. The van der Waals surface area contributed by atoms with Crippen LogP contribution in [0.5, 0.6) is 5.75 Å². The highest BCUT2D eigenvalue weighted by Gasteiger charge is 2.26. The van der Waals surface area contributed by atoms with Crippen LogP contribution in [0.3, 0.4) is 0 Å². The molecule has 0 atom stereocenters. The van der Waals surface area contributed by atoms with Crippen molar-refractivity contribution in [3.8, 4) is 28.3 Å². The van der Waals surface area contributed by atoms with Crippen LogP contribution >= 0.6 is 0 Å². The minimum atomic E-state index is -0.480. The molecular weight excluding hydrogens is 395 g/mol. The van der Waals surface area contributed by atoms with Crippen LogP contribution in [0.2, 0.25) is 0 Å². The molecule has 1 amide bonds. The van der Waals surface area contributed by atoms with Crippen molar-refractivity contribution in [2.45, 2.75) is 13.5 Å². The molecule has 3 aromatic carbocycles. The molecule has 5 nitrogen and oxygen atoms in total. The molecule has 0 fully saturated rings. The van der Waals surface area contributed by atoms with Crippen LogP contribution in [-0.2, 0) is 6.54 Å². The number of rotatable bonds is 7. The number of benzene rings is 3. The highest BCUT2D eigenvalue weighted by molar-refractivity contribution is 6.05. The summed E-state index contributed by atoms with van der Waals surface area (Å²) in [6.45, 7) is 2.77. The van der Waals surface area contributed by atoms with Crippen molar-refractivity contribution >= 4 is 5.91 Å². The monoisotopic (exact) mass is 416 g/mol. The van der Waals surface area contributed by atoms with Gasteiger partial charge in [-0.1, -0.05) is 47.6 Å². The smallest absolute Gasteiger partial charge is 0.257 e. The van der Waals surface area contributed by atoms with E-state index in [4.69, 9.17) is 9.26 Å². The molecule has 4 rings (SSSR count). The number of carbonyl (C=O) groups excluding carboxylic acids is 1. The average Bonchev–Trinajstić information content (AvgIpc) is 3.24. The standard InChI is InChI=1S/C25H21FN2O3/c1-2-30-19-14-12-18(13-15-19)24-22(25(29)27-16-17-8-4-3-5-9-17)23(28-31-24)20-10-6-7-11-21(20)26/h3-15H,2,16H2,1H3,(H,27,29). The summed E-state index contributed by atoms with van der Waals surface area (Å²) in [6.07, 6.45) is 0. The van der Waals surface area contributed by atoms with Crippen molar-refractivity contribution in [1.82, 2.24) is 10.5 Å². The number of hydrogen-bond acceptors (Lipinski definition) is 4. The Morgan fingerprint density at radius 1 is 1.00 bits per heavy atom. The summed E-state index contributed by atoms with van der Waals surface area (Å²) in [6, 6.07) is 22.9. The lowest BCUT2D eigenvalue weighted by atomic mass is 10.0. The van der Waals surface area contributed by atoms with Crippen molar-refractivity contribution in [3.05, 3.63) is 95.8 Å². The highest BCUT2D eigenvalue weighted by atomic mass is 19.1. The Kier molecular flexibility index (Phi) is 6.08. The molecule has 0 aliphatic rings. The normalized spacial score (nSPS) is 10.6. The molecule has 0 aliphatic carbocycles. The number of aromatic nitrogens is 1. The second kappa shape index (κ2) is 9.26. The first kappa shape index (κ1) is 20.3. The zero-order valence-corrected chi connectivity index (χ0v) is 17.0. The van der Waals surface area contributed by atoms with Gasteiger partial charge >= 0.3 is 0 Å². The van der Waals surface area contributed by atoms with Crippen molar-refractivity contribution < 1.29 is 18.4 Å². The van der Waals surface area contributed by atoms with E-state index in [1.807, 2.05) is 37.3 Å². The lowest BCUT2D eigenvalue weighted by Gasteiger charge is -2.08. The predicted molar refractivity (Wildman–Crippen MR) is 116 cm³/mol.